The molecule has 3 N–H and O–H groups in total. The number of halogens is 1. The molecular formula is C18H20ClN3OS. The Bertz CT molecular complexity index is 707. The van der Waals surface area contributed by atoms with Crippen LogP contribution in [0.3, 0.4) is 0 Å². The molecule has 0 bridgehead atoms. The van der Waals surface area contributed by atoms with Gasteiger partial charge in [-0.25, -0.2) is 0 Å². The Hall–Kier alpha value is -2.11. The van der Waals surface area contributed by atoms with Crippen LogP contribution in [0.4, 0.5) is 5.69 Å². The fourth-order valence-electron chi connectivity index (χ4n) is 2.13. The molecule has 0 atom stereocenters. The van der Waals surface area contributed by atoms with E-state index in [-0.39, 0.29) is 12.5 Å². The zero-order chi connectivity index (χ0) is 17.4. The van der Waals surface area contributed by atoms with Crippen molar-refractivity contribution in [3.8, 4) is 0 Å². The lowest BCUT2D eigenvalue weighted by Gasteiger charge is -2.12. The van der Waals surface area contributed by atoms with Crippen molar-refractivity contribution in [2.75, 3.05) is 18.4 Å². The number of hydrogen-bond donors (Lipinski definition) is 3. The minimum absolute atomic E-state index is 0.100. The Morgan fingerprint density at radius 1 is 1.08 bits per heavy atom. The van der Waals surface area contributed by atoms with E-state index in [0.717, 1.165) is 12.0 Å². The van der Waals surface area contributed by atoms with Crippen LogP contribution in [0.1, 0.15) is 11.1 Å². The Kier molecular flexibility index (Phi) is 7.03. The van der Waals surface area contributed by atoms with Gasteiger partial charge in [-0.3, -0.25) is 4.79 Å². The molecule has 2 aromatic rings. The number of hydrogen-bond acceptors (Lipinski definition) is 2. The summed E-state index contributed by atoms with van der Waals surface area (Å²) in [6.45, 7) is 2.68. The van der Waals surface area contributed by atoms with Crippen molar-refractivity contribution in [2.45, 2.75) is 13.3 Å². The lowest BCUT2D eigenvalue weighted by Crippen LogP contribution is -2.40. The maximum atomic E-state index is 12.0. The summed E-state index contributed by atoms with van der Waals surface area (Å²) in [5.74, 6) is -0.174. The SMILES string of the molecule is Cc1c(Cl)cccc1NC(=O)CNC(=S)NCCc1ccccc1. The largest absolute Gasteiger partial charge is 0.362 e. The van der Waals surface area contributed by atoms with E-state index in [4.69, 9.17) is 23.8 Å². The molecular weight excluding hydrogens is 342 g/mol. The van der Waals surface area contributed by atoms with Crippen LogP contribution < -0.4 is 16.0 Å². The highest BCUT2D eigenvalue weighted by molar-refractivity contribution is 7.80. The van der Waals surface area contributed by atoms with Crippen molar-refractivity contribution in [1.82, 2.24) is 10.6 Å². The van der Waals surface area contributed by atoms with E-state index in [1.807, 2.05) is 31.2 Å². The molecule has 2 rings (SSSR count). The second-order valence-corrected chi connectivity index (χ2v) is 6.12. The third kappa shape index (κ3) is 5.83. The van der Waals surface area contributed by atoms with Crippen molar-refractivity contribution in [3.05, 3.63) is 64.7 Å². The first-order chi connectivity index (χ1) is 11.6. The van der Waals surface area contributed by atoms with Crippen molar-refractivity contribution >= 4 is 40.5 Å². The number of rotatable bonds is 6. The number of amides is 1. The van der Waals surface area contributed by atoms with Gasteiger partial charge >= 0.3 is 0 Å². The maximum absolute atomic E-state index is 12.0. The predicted octanol–water partition coefficient (Wildman–Crippen LogP) is 3.29. The Morgan fingerprint density at radius 3 is 2.58 bits per heavy atom. The molecule has 126 valence electrons. The molecule has 0 aliphatic heterocycles. The molecule has 24 heavy (non-hydrogen) atoms. The fourth-order valence-corrected chi connectivity index (χ4v) is 2.47. The summed E-state index contributed by atoms with van der Waals surface area (Å²) < 4.78 is 0. The first-order valence-electron chi connectivity index (χ1n) is 7.67. The highest BCUT2D eigenvalue weighted by Crippen LogP contribution is 2.22. The topological polar surface area (TPSA) is 53.2 Å². The summed E-state index contributed by atoms with van der Waals surface area (Å²) in [7, 11) is 0. The van der Waals surface area contributed by atoms with E-state index in [1.165, 1.54) is 5.56 Å². The number of benzene rings is 2. The van der Waals surface area contributed by atoms with Crippen LogP contribution >= 0.6 is 23.8 Å². The molecule has 0 aliphatic carbocycles. The molecule has 0 unspecified atom stereocenters. The predicted molar refractivity (Wildman–Crippen MR) is 104 cm³/mol. The summed E-state index contributed by atoms with van der Waals surface area (Å²) in [4.78, 5) is 12.0. The summed E-state index contributed by atoms with van der Waals surface area (Å²) in [6.07, 6.45) is 0.872. The highest BCUT2D eigenvalue weighted by atomic mass is 35.5. The van der Waals surface area contributed by atoms with E-state index in [9.17, 15) is 4.79 Å². The number of anilines is 1. The molecule has 0 saturated carbocycles. The van der Waals surface area contributed by atoms with Crippen LogP contribution in [0.15, 0.2) is 48.5 Å². The van der Waals surface area contributed by atoms with Gasteiger partial charge in [0.15, 0.2) is 5.11 Å². The summed E-state index contributed by atoms with van der Waals surface area (Å²) in [5.41, 5.74) is 2.79. The molecule has 0 spiro atoms. The molecule has 1 amide bonds. The van der Waals surface area contributed by atoms with E-state index in [2.05, 4.69) is 28.1 Å². The van der Waals surface area contributed by atoms with E-state index in [1.54, 1.807) is 12.1 Å². The average molecular weight is 362 g/mol. The Labute approximate surface area is 152 Å². The van der Waals surface area contributed by atoms with Gasteiger partial charge in [0.25, 0.3) is 0 Å². The minimum atomic E-state index is -0.174. The lowest BCUT2D eigenvalue weighted by atomic mass is 10.1. The van der Waals surface area contributed by atoms with Crippen molar-refractivity contribution < 1.29 is 4.79 Å². The molecule has 2 aromatic carbocycles. The van der Waals surface area contributed by atoms with Gasteiger partial charge in [0, 0.05) is 17.3 Å². The smallest absolute Gasteiger partial charge is 0.243 e. The number of carbonyl (C=O) groups is 1. The van der Waals surface area contributed by atoms with E-state index < -0.39 is 0 Å². The highest BCUT2D eigenvalue weighted by Gasteiger charge is 2.07. The van der Waals surface area contributed by atoms with E-state index in [0.29, 0.717) is 22.4 Å². The van der Waals surface area contributed by atoms with Gasteiger partial charge in [-0.15, -0.1) is 0 Å². The first kappa shape index (κ1) is 18.2. The molecule has 0 heterocycles. The van der Waals surface area contributed by atoms with Gasteiger partial charge in [0.05, 0.1) is 6.54 Å². The fraction of sp³-hybridized carbons (Fsp3) is 0.222. The number of carbonyl (C=O) groups excluding carboxylic acids is 1. The van der Waals surface area contributed by atoms with Gasteiger partial charge < -0.3 is 16.0 Å². The first-order valence-corrected chi connectivity index (χ1v) is 8.45. The van der Waals surface area contributed by atoms with Crippen LogP contribution in [0, 0.1) is 6.92 Å². The van der Waals surface area contributed by atoms with Gasteiger partial charge in [-0.1, -0.05) is 48.0 Å². The average Bonchev–Trinajstić information content (AvgIpc) is 2.58. The van der Waals surface area contributed by atoms with Gasteiger partial charge in [0.2, 0.25) is 5.91 Å². The standard InChI is InChI=1S/C18H20ClN3OS/c1-13-15(19)8-5-9-16(13)22-17(23)12-21-18(24)20-11-10-14-6-3-2-4-7-14/h2-9H,10-12H2,1H3,(H,22,23)(H2,20,21,24). The zero-order valence-electron chi connectivity index (χ0n) is 13.4. The van der Waals surface area contributed by atoms with Gasteiger partial charge in [-0.2, -0.15) is 0 Å². The second kappa shape index (κ2) is 9.25. The molecule has 4 nitrogen and oxygen atoms in total. The van der Waals surface area contributed by atoms with Crippen LogP contribution in [-0.4, -0.2) is 24.1 Å². The van der Waals surface area contributed by atoms with Crippen LogP contribution in [0.5, 0.6) is 0 Å². The molecule has 0 aliphatic rings. The molecule has 0 aromatic heterocycles. The Morgan fingerprint density at radius 2 is 1.83 bits per heavy atom. The number of nitrogens with one attached hydrogen (secondary N) is 3. The number of thiocarbonyl (C=S) groups is 1. The van der Waals surface area contributed by atoms with Crippen LogP contribution in [-0.2, 0) is 11.2 Å². The lowest BCUT2D eigenvalue weighted by molar-refractivity contribution is -0.115. The molecule has 0 saturated heterocycles. The third-order valence-corrected chi connectivity index (χ3v) is 4.19. The van der Waals surface area contributed by atoms with Crippen LogP contribution in [0.25, 0.3) is 0 Å². The third-order valence-electron chi connectivity index (χ3n) is 3.49. The van der Waals surface area contributed by atoms with Gasteiger partial charge in [-0.05, 0) is 48.8 Å². The van der Waals surface area contributed by atoms with Gasteiger partial charge in [0.1, 0.15) is 0 Å². The van der Waals surface area contributed by atoms with Crippen LogP contribution in [0.2, 0.25) is 5.02 Å². The summed E-state index contributed by atoms with van der Waals surface area (Å²) >= 11 is 11.2. The molecule has 0 fully saturated rings. The summed E-state index contributed by atoms with van der Waals surface area (Å²) in [5, 5.41) is 9.89. The summed E-state index contributed by atoms with van der Waals surface area (Å²) in [6, 6.07) is 15.5. The second-order valence-electron chi connectivity index (χ2n) is 5.31. The maximum Gasteiger partial charge on any atom is 0.243 e. The normalized spacial score (nSPS) is 10.1. The molecule has 0 radical (unpaired) electrons. The van der Waals surface area contributed by atoms with E-state index >= 15 is 0 Å². The van der Waals surface area contributed by atoms with Crippen molar-refractivity contribution in [3.63, 3.8) is 0 Å². The quantitative estimate of drug-likeness (QED) is 0.691. The monoisotopic (exact) mass is 361 g/mol. The minimum Gasteiger partial charge on any atom is -0.362 e. The van der Waals surface area contributed by atoms with Crippen molar-refractivity contribution in [2.24, 2.45) is 0 Å². The zero-order valence-corrected chi connectivity index (χ0v) is 15.0. The van der Waals surface area contributed by atoms with Crippen molar-refractivity contribution in [1.29, 1.82) is 0 Å². The molecule has 6 heteroatoms. The Balaban J connectivity index is 1.69.